The van der Waals surface area contributed by atoms with Gasteiger partial charge in [0.15, 0.2) is 9.84 Å². The minimum Gasteiger partial charge on any atom is -0.478 e. The largest absolute Gasteiger partial charge is 0.478 e. The molecule has 0 spiro atoms. The summed E-state index contributed by atoms with van der Waals surface area (Å²) in [5, 5.41) is 11.3. The first-order valence-corrected chi connectivity index (χ1v) is 7.74. The van der Waals surface area contributed by atoms with Gasteiger partial charge in [0.25, 0.3) is 0 Å². The summed E-state index contributed by atoms with van der Waals surface area (Å²) in [6, 6.07) is 3.78. The Hall–Kier alpha value is -1.41. The maximum atomic E-state index is 12.0. The summed E-state index contributed by atoms with van der Waals surface area (Å²) in [7, 11) is -4.00. The molecule has 0 fully saturated rings. The number of nitrogens with one attached hydrogen (secondary N) is 1. The van der Waals surface area contributed by atoms with Crippen molar-refractivity contribution in [3.05, 3.63) is 28.2 Å². The van der Waals surface area contributed by atoms with Gasteiger partial charge in [0.1, 0.15) is 5.75 Å². The fourth-order valence-corrected chi connectivity index (χ4v) is 3.34. The lowest BCUT2D eigenvalue weighted by molar-refractivity contribution is -0.118. The number of aromatic carboxylic acids is 1. The van der Waals surface area contributed by atoms with Crippen LogP contribution in [0, 0.1) is 0 Å². The molecule has 1 aromatic carbocycles. The van der Waals surface area contributed by atoms with E-state index in [0.29, 0.717) is 11.0 Å². The molecular formula is C11H12BrNO5S. The molecule has 0 radical (unpaired) electrons. The van der Waals surface area contributed by atoms with Gasteiger partial charge in [-0.15, -0.1) is 0 Å². The first kappa shape index (κ1) is 15.6. The van der Waals surface area contributed by atoms with Crippen LogP contribution < -0.4 is 5.32 Å². The highest BCUT2D eigenvalue weighted by Gasteiger charge is 2.25. The highest BCUT2D eigenvalue weighted by Crippen LogP contribution is 2.22. The predicted molar refractivity (Wildman–Crippen MR) is 71.8 cm³/mol. The summed E-state index contributed by atoms with van der Waals surface area (Å²) < 4.78 is 24.5. The van der Waals surface area contributed by atoms with E-state index >= 15 is 0 Å². The fraction of sp³-hybridized carbons (Fsp3) is 0.273. The number of sulfone groups is 1. The molecule has 0 bridgehead atoms. The minimum absolute atomic E-state index is 0.304. The zero-order valence-electron chi connectivity index (χ0n) is 10.0. The second-order valence-electron chi connectivity index (χ2n) is 3.66. The van der Waals surface area contributed by atoms with Gasteiger partial charge >= 0.3 is 5.97 Å². The molecule has 0 aliphatic carbocycles. The molecule has 2 N–H and O–H groups in total. The number of carboxylic acid groups (broad SMARTS) is 1. The Bertz CT molecular complexity index is 612. The molecule has 104 valence electrons. The van der Waals surface area contributed by atoms with Gasteiger partial charge in [0.05, 0.1) is 10.5 Å². The number of rotatable bonds is 5. The summed E-state index contributed by atoms with van der Waals surface area (Å²) in [4.78, 5) is 22.0. The van der Waals surface area contributed by atoms with Crippen LogP contribution in [0.1, 0.15) is 17.3 Å². The molecule has 0 heterocycles. The lowest BCUT2D eigenvalue weighted by Crippen LogP contribution is -2.30. The monoisotopic (exact) mass is 349 g/mol. The number of carboxylic acids is 1. The van der Waals surface area contributed by atoms with Crippen molar-refractivity contribution in [1.82, 2.24) is 5.32 Å². The Morgan fingerprint density at radius 1 is 1.37 bits per heavy atom. The van der Waals surface area contributed by atoms with E-state index < -0.39 is 27.5 Å². The van der Waals surface area contributed by atoms with Crippen LogP contribution in [0.4, 0.5) is 0 Å². The number of carbonyl (C=O) groups excluding carboxylic acids is 1. The Morgan fingerprint density at radius 2 is 2.00 bits per heavy atom. The third-order valence-corrected chi connectivity index (χ3v) is 4.35. The van der Waals surface area contributed by atoms with Gasteiger partial charge in [0, 0.05) is 11.0 Å². The van der Waals surface area contributed by atoms with Crippen molar-refractivity contribution in [3.63, 3.8) is 0 Å². The smallest absolute Gasteiger partial charge is 0.337 e. The SMILES string of the molecule is CCNC(=O)CS(=O)(=O)c1cc(Br)ccc1C(=O)O. The van der Waals surface area contributed by atoms with Crippen LogP contribution in [-0.4, -0.2) is 37.7 Å². The van der Waals surface area contributed by atoms with Crippen molar-refractivity contribution in [2.24, 2.45) is 0 Å². The minimum atomic E-state index is -4.00. The Morgan fingerprint density at radius 3 is 2.53 bits per heavy atom. The third-order valence-electron chi connectivity index (χ3n) is 2.20. The van der Waals surface area contributed by atoms with Crippen LogP contribution in [-0.2, 0) is 14.6 Å². The van der Waals surface area contributed by atoms with E-state index in [4.69, 9.17) is 5.11 Å². The normalized spacial score (nSPS) is 11.1. The molecule has 0 aromatic heterocycles. The van der Waals surface area contributed by atoms with E-state index in [9.17, 15) is 18.0 Å². The Labute approximate surface area is 118 Å². The topological polar surface area (TPSA) is 101 Å². The van der Waals surface area contributed by atoms with E-state index in [1.807, 2.05) is 0 Å². The number of benzene rings is 1. The van der Waals surface area contributed by atoms with Crippen LogP contribution in [0.3, 0.4) is 0 Å². The molecule has 8 heteroatoms. The molecule has 1 amide bonds. The van der Waals surface area contributed by atoms with Gasteiger partial charge in [-0.2, -0.15) is 0 Å². The number of amides is 1. The van der Waals surface area contributed by atoms with E-state index in [1.54, 1.807) is 6.92 Å². The van der Waals surface area contributed by atoms with E-state index in [-0.39, 0.29) is 10.5 Å². The van der Waals surface area contributed by atoms with Crippen LogP contribution in [0.25, 0.3) is 0 Å². The molecule has 1 aromatic rings. The highest BCUT2D eigenvalue weighted by atomic mass is 79.9. The summed E-state index contributed by atoms with van der Waals surface area (Å²) in [5.74, 6) is -2.81. The van der Waals surface area contributed by atoms with Crippen molar-refractivity contribution in [3.8, 4) is 0 Å². The summed E-state index contributed by atoms with van der Waals surface area (Å²) in [6.45, 7) is 1.96. The average molecular weight is 350 g/mol. The first-order valence-electron chi connectivity index (χ1n) is 5.30. The lowest BCUT2D eigenvalue weighted by atomic mass is 10.2. The number of halogens is 1. The van der Waals surface area contributed by atoms with Crippen molar-refractivity contribution >= 4 is 37.6 Å². The molecule has 0 aliphatic heterocycles. The van der Waals surface area contributed by atoms with Crippen molar-refractivity contribution in [1.29, 1.82) is 0 Å². The Kier molecular flexibility index (Phi) is 5.07. The van der Waals surface area contributed by atoms with Crippen molar-refractivity contribution in [2.45, 2.75) is 11.8 Å². The maximum absolute atomic E-state index is 12.0. The van der Waals surface area contributed by atoms with Gasteiger partial charge in [-0.3, -0.25) is 4.79 Å². The first-order chi connectivity index (χ1) is 8.77. The van der Waals surface area contributed by atoms with Crippen molar-refractivity contribution in [2.75, 3.05) is 12.3 Å². The molecule has 0 saturated carbocycles. The summed E-state index contributed by atoms with van der Waals surface area (Å²) in [6.07, 6.45) is 0. The van der Waals surface area contributed by atoms with Crippen LogP contribution in [0.2, 0.25) is 0 Å². The summed E-state index contributed by atoms with van der Waals surface area (Å²) >= 11 is 3.08. The zero-order chi connectivity index (χ0) is 14.6. The molecule has 0 aliphatic rings. The molecule has 19 heavy (non-hydrogen) atoms. The quantitative estimate of drug-likeness (QED) is 0.827. The van der Waals surface area contributed by atoms with Crippen LogP contribution in [0.15, 0.2) is 27.6 Å². The van der Waals surface area contributed by atoms with E-state index in [1.165, 1.54) is 18.2 Å². The maximum Gasteiger partial charge on any atom is 0.337 e. The van der Waals surface area contributed by atoms with Gasteiger partial charge in [-0.05, 0) is 25.1 Å². The standard InChI is InChI=1S/C11H12BrNO5S/c1-2-13-10(14)6-19(17,18)9-5-7(12)3-4-8(9)11(15)16/h3-5H,2,6H2,1H3,(H,13,14)(H,15,16). The molecular weight excluding hydrogens is 338 g/mol. The molecule has 0 saturated heterocycles. The highest BCUT2D eigenvalue weighted by molar-refractivity contribution is 9.10. The fourth-order valence-electron chi connectivity index (χ4n) is 1.43. The van der Waals surface area contributed by atoms with Crippen molar-refractivity contribution < 1.29 is 23.1 Å². The molecule has 0 unspecified atom stereocenters. The zero-order valence-corrected chi connectivity index (χ0v) is 12.4. The van der Waals surface area contributed by atoms with Crippen LogP contribution >= 0.6 is 15.9 Å². The predicted octanol–water partition coefficient (Wildman–Crippen LogP) is 1.06. The van der Waals surface area contributed by atoms with Gasteiger partial charge in [-0.1, -0.05) is 15.9 Å². The van der Waals surface area contributed by atoms with E-state index in [0.717, 1.165) is 0 Å². The molecule has 6 nitrogen and oxygen atoms in total. The van der Waals surface area contributed by atoms with Gasteiger partial charge in [-0.25, -0.2) is 13.2 Å². The van der Waals surface area contributed by atoms with E-state index in [2.05, 4.69) is 21.2 Å². The number of hydrogen-bond donors (Lipinski definition) is 2. The molecule has 0 atom stereocenters. The number of hydrogen-bond acceptors (Lipinski definition) is 4. The second kappa shape index (κ2) is 6.16. The number of carbonyl (C=O) groups is 2. The summed E-state index contributed by atoms with van der Waals surface area (Å²) in [5.41, 5.74) is -0.354. The van der Waals surface area contributed by atoms with Gasteiger partial charge < -0.3 is 10.4 Å². The van der Waals surface area contributed by atoms with Crippen LogP contribution in [0.5, 0.6) is 0 Å². The molecule has 1 rings (SSSR count). The lowest BCUT2D eigenvalue weighted by Gasteiger charge is -2.08. The Balaban J connectivity index is 3.24. The average Bonchev–Trinajstić information content (AvgIpc) is 2.27. The third kappa shape index (κ3) is 4.03. The van der Waals surface area contributed by atoms with Gasteiger partial charge in [0.2, 0.25) is 5.91 Å². The second-order valence-corrected chi connectivity index (χ2v) is 6.53.